The molecular weight excluding hydrogens is 310 g/mol. The first-order valence-corrected chi connectivity index (χ1v) is 7.38. The average Bonchev–Trinajstić information content (AvgIpc) is 2.46. The van der Waals surface area contributed by atoms with Crippen LogP contribution in [-0.2, 0) is 5.75 Å². The van der Waals surface area contributed by atoms with E-state index in [4.69, 9.17) is 22.4 Å². The lowest BCUT2D eigenvalue weighted by atomic mass is 10.1. The standard InChI is InChI=1S/C15H12ClNO3S/c16-13-6-5-10(7-12(13)15(19)20)21-8-9-3-1-2-4-11(9)14(17)18/h1-7H,8H2,(H2,17,18)(H,19,20). The van der Waals surface area contributed by atoms with Gasteiger partial charge in [0.2, 0.25) is 5.91 Å². The van der Waals surface area contributed by atoms with Crippen LogP contribution >= 0.6 is 23.4 Å². The first-order valence-electron chi connectivity index (χ1n) is 6.02. The van der Waals surface area contributed by atoms with Gasteiger partial charge in [-0.15, -0.1) is 11.8 Å². The number of benzene rings is 2. The van der Waals surface area contributed by atoms with Crippen molar-refractivity contribution in [2.45, 2.75) is 10.6 Å². The topological polar surface area (TPSA) is 80.4 Å². The average molecular weight is 322 g/mol. The molecular formula is C15H12ClNO3S. The van der Waals surface area contributed by atoms with E-state index in [1.54, 1.807) is 24.3 Å². The number of carbonyl (C=O) groups is 2. The molecule has 0 aliphatic carbocycles. The number of aromatic carboxylic acids is 1. The summed E-state index contributed by atoms with van der Waals surface area (Å²) < 4.78 is 0. The lowest BCUT2D eigenvalue weighted by Crippen LogP contribution is -2.13. The molecule has 0 aromatic heterocycles. The van der Waals surface area contributed by atoms with Gasteiger partial charge < -0.3 is 10.8 Å². The maximum atomic E-state index is 11.3. The molecule has 1 amide bonds. The number of rotatable bonds is 5. The third-order valence-electron chi connectivity index (χ3n) is 2.85. The highest BCUT2D eigenvalue weighted by molar-refractivity contribution is 7.98. The number of amides is 1. The Morgan fingerprint density at radius 1 is 1.14 bits per heavy atom. The lowest BCUT2D eigenvalue weighted by molar-refractivity contribution is 0.0696. The quantitative estimate of drug-likeness (QED) is 0.827. The van der Waals surface area contributed by atoms with Gasteiger partial charge in [0, 0.05) is 16.2 Å². The van der Waals surface area contributed by atoms with Crippen LogP contribution in [0.1, 0.15) is 26.3 Å². The molecule has 6 heteroatoms. The molecule has 108 valence electrons. The van der Waals surface area contributed by atoms with Gasteiger partial charge in [-0.25, -0.2) is 4.79 Å². The SMILES string of the molecule is NC(=O)c1ccccc1CSc1ccc(Cl)c(C(=O)O)c1. The molecule has 0 aliphatic heterocycles. The first-order chi connectivity index (χ1) is 9.99. The van der Waals surface area contributed by atoms with Crippen molar-refractivity contribution in [3.8, 4) is 0 Å². The molecule has 0 fully saturated rings. The van der Waals surface area contributed by atoms with Crippen molar-refractivity contribution in [1.29, 1.82) is 0 Å². The van der Waals surface area contributed by atoms with E-state index in [2.05, 4.69) is 0 Å². The molecule has 0 spiro atoms. The molecule has 2 aromatic carbocycles. The summed E-state index contributed by atoms with van der Waals surface area (Å²) in [4.78, 5) is 23.1. The fourth-order valence-corrected chi connectivity index (χ4v) is 2.94. The number of thioether (sulfide) groups is 1. The molecule has 0 saturated carbocycles. The van der Waals surface area contributed by atoms with Crippen LogP contribution in [0.2, 0.25) is 5.02 Å². The Balaban J connectivity index is 2.19. The highest BCUT2D eigenvalue weighted by Gasteiger charge is 2.11. The van der Waals surface area contributed by atoms with Crippen LogP contribution in [0.5, 0.6) is 0 Å². The minimum Gasteiger partial charge on any atom is -0.478 e. The van der Waals surface area contributed by atoms with Crippen LogP contribution in [0, 0.1) is 0 Å². The molecule has 0 radical (unpaired) electrons. The van der Waals surface area contributed by atoms with Gasteiger partial charge in [-0.05, 0) is 29.8 Å². The molecule has 0 atom stereocenters. The Morgan fingerprint density at radius 2 is 1.86 bits per heavy atom. The molecule has 0 aliphatic rings. The van der Waals surface area contributed by atoms with E-state index in [0.29, 0.717) is 11.3 Å². The van der Waals surface area contributed by atoms with E-state index in [0.717, 1.165) is 10.5 Å². The predicted octanol–water partition coefficient (Wildman–Crippen LogP) is 3.43. The zero-order chi connectivity index (χ0) is 15.4. The summed E-state index contributed by atoms with van der Waals surface area (Å²) in [6.45, 7) is 0. The molecule has 0 unspecified atom stereocenters. The summed E-state index contributed by atoms with van der Waals surface area (Å²) in [5.41, 5.74) is 6.66. The van der Waals surface area contributed by atoms with Crippen molar-refractivity contribution in [2.24, 2.45) is 5.73 Å². The second-order valence-electron chi connectivity index (χ2n) is 4.26. The fraction of sp³-hybridized carbons (Fsp3) is 0.0667. The Morgan fingerprint density at radius 3 is 2.52 bits per heavy atom. The van der Waals surface area contributed by atoms with Gasteiger partial charge in [0.25, 0.3) is 0 Å². The van der Waals surface area contributed by atoms with Crippen LogP contribution in [0.25, 0.3) is 0 Å². The number of primary amides is 1. The van der Waals surface area contributed by atoms with Crippen LogP contribution in [0.15, 0.2) is 47.4 Å². The Hall–Kier alpha value is -1.98. The monoisotopic (exact) mass is 321 g/mol. The molecule has 4 nitrogen and oxygen atoms in total. The Labute approximate surface area is 130 Å². The number of carbonyl (C=O) groups excluding carboxylic acids is 1. The number of halogens is 1. The molecule has 2 rings (SSSR count). The van der Waals surface area contributed by atoms with Gasteiger partial charge >= 0.3 is 5.97 Å². The molecule has 0 heterocycles. The molecule has 0 saturated heterocycles. The predicted molar refractivity (Wildman–Crippen MR) is 82.9 cm³/mol. The number of nitrogens with two attached hydrogens (primary N) is 1. The van der Waals surface area contributed by atoms with Crippen LogP contribution in [0.3, 0.4) is 0 Å². The Kier molecular flexibility index (Phi) is 4.88. The van der Waals surface area contributed by atoms with Gasteiger partial charge in [-0.1, -0.05) is 29.8 Å². The highest BCUT2D eigenvalue weighted by atomic mass is 35.5. The second-order valence-corrected chi connectivity index (χ2v) is 5.71. The number of carboxylic acids is 1. The molecule has 3 N–H and O–H groups in total. The van der Waals surface area contributed by atoms with Crippen LogP contribution in [0.4, 0.5) is 0 Å². The Bertz CT molecular complexity index is 703. The molecule has 2 aromatic rings. The molecule has 0 bridgehead atoms. The van der Waals surface area contributed by atoms with Gasteiger partial charge in [-0.3, -0.25) is 4.79 Å². The minimum atomic E-state index is -1.07. The zero-order valence-corrected chi connectivity index (χ0v) is 12.4. The van der Waals surface area contributed by atoms with E-state index >= 15 is 0 Å². The number of hydrogen-bond acceptors (Lipinski definition) is 3. The van der Waals surface area contributed by atoms with Crippen molar-refractivity contribution < 1.29 is 14.7 Å². The van der Waals surface area contributed by atoms with Crippen molar-refractivity contribution in [3.05, 3.63) is 64.2 Å². The second kappa shape index (κ2) is 6.65. The lowest BCUT2D eigenvalue weighted by Gasteiger charge is -2.07. The maximum absolute atomic E-state index is 11.3. The van der Waals surface area contributed by atoms with Crippen molar-refractivity contribution in [1.82, 2.24) is 0 Å². The van der Waals surface area contributed by atoms with Crippen molar-refractivity contribution in [2.75, 3.05) is 0 Å². The summed E-state index contributed by atoms with van der Waals surface area (Å²) >= 11 is 7.24. The van der Waals surface area contributed by atoms with Gasteiger partial charge in [-0.2, -0.15) is 0 Å². The largest absolute Gasteiger partial charge is 0.478 e. The minimum absolute atomic E-state index is 0.0600. The third-order valence-corrected chi connectivity index (χ3v) is 4.22. The smallest absolute Gasteiger partial charge is 0.337 e. The normalized spacial score (nSPS) is 10.3. The summed E-state index contributed by atoms with van der Waals surface area (Å²) in [5, 5.41) is 9.24. The molecule has 21 heavy (non-hydrogen) atoms. The fourth-order valence-electron chi connectivity index (χ4n) is 1.81. The van der Waals surface area contributed by atoms with E-state index in [-0.39, 0.29) is 10.6 Å². The first kappa shape index (κ1) is 15.4. The van der Waals surface area contributed by atoms with E-state index < -0.39 is 11.9 Å². The summed E-state index contributed by atoms with van der Waals surface area (Å²) in [7, 11) is 0. The van der Waals surface area contributed by atoms with E-state index in [9.17, 15) is 9.59 Å². The third kappa shape index (κ3) is 3.77. The van der Waals surface area contributed by atoms with Gasteiger partial charge in [0.15, 0.2) is 0 Å². The number of hydrogen-bond donors (Lipinski definition) is 2. The van der Waals surface area contributed by atoms with Crippen molar-refractivity contribution >= 4 is 35.2 Å². The van der Waals surface area contributed by atoms with Crippen LogP contribution in [-0.4, -0.2) is 17.0 Å². The van der Waals surface area contributed by atoms with E-state index in [1.807, 2.05) is 12.1 Å². The summed E-state index contributed by atoms with van der Waals surface area (Å²) in [6.07, 6.45) is 0. The van der Waals surface area contributed by atoms with Crippen LogP contribution < -0.4 is 5.73 Å². The van der Waals surface area contributed by atoms with Crippen molar-refractivity contribution in [3.63, 3.8) is 0 Å². The maximum Gasteiger partial charge on any atom is 0.337 e. The number of carboxylic acid groups (broad SMARTS) is 1. The van der Waals surface area contributed by atoms with Gasteiger partial charge in [0.1, 0.15) is 0 Å². The zero-order valence-electron chi connectivity index (χ0n) is 10.9. The van der Waals surface area contributed by atoms with E-state index in [1.165, 1.54) is 17.8 Å². The van der Waals surface area contributed by atoms with Gasteiger partial charge in [0.05, 0.1) is 10.6 Å². The summed E-state index contributed by atoms with van der Waals surface area (Å²) in [6, 6.07) is 11.9. The summed E-state index contributed by atoms with van der Waals surface area (Å²) in [5.74, 6) is -1.03. The highest BCUT2D eigenvalue weighted by Crippen LogP contribution is 2.28.